The number of ether oxygens (including phenoxy) is 1. The van der Waals surface area contributed by atoms with Crippen molar-refractivity contribution in [2.24, 2.45) is 5.73 Å². The first kappa shape index (κ1) is 15.1. The molecule has 0 amide bonds. The average molecular weight is 254 g/mol. The van der Waals surface area contributed by atoms with Crippen LogP contribution in [0.2, 0.25) is 0 Å². The fourth-order valence-corrected chi connectivity index (χ4v) is 2.11. The van der Waals surface area contributed by atoms with Crippen molar-refractivity contribution in [2.45, 2.75) is 25.4 Å². The molecular formula is C14H23FN2O. The zero-order chi connectivity index (χ0) is 13.5. The van der Waals surface area contributed by atoms with E-state index in [2.05, 4.69) is 4.90 Å². The molecule has 0 aliphatic carbocycles. The van der Waals surface area contributed by atoms with Crippen LogP contribution in [0.1, 0.15) is 24.9 Å². The van der Waals surface area contributed by atoms with Crippen molar-refractivity contribution in [3.63, 3.8) is 0 Å². The Balaban J connectivity index is 2.94. The number of hydrogen-bond acceptors (Lipinski definition) is 3. The summed E-state index contributed by atoms with van der Waals surface area (Å²) < 4.78 is 19.0. The zero-order valence-electron chi connectivity index (χ0n) is 11.4. The lowest BCUT2D eigenvalue weighted by Crippen LogP contribution is -2.40. The van der Waals surface area contributed by atoms with Gasteiger partial charge in [-0.2, -0.15) is 0 Å². The number of benzene rings is 1. The van der Waals surface area contributed by atoms with E-state index in [-0.39, 0.29) is 17.9 Å². The van der Waals surface area contributed by atoms with Crippen molar-refractivity contribution in [3.8, 4) is 0 Å². The Morgan fingerprint density at radius 1 is 1.39 bits per heavy atom. The molecule has 0 saturated heterocycles. The van der Waals surface area contributed by atoms with Gasteiger partial charge in [-0.3, -0.25) is 4.90 Å². The largest absolute Gasteiger partial charge is 0.383 e. The van der Waals surface area contributed by atoms with Crippen LogP contribution in [0.5, 0.6) is 0 Å². The first-order valence-electron chi connectivity index (χ1n) is 6.31. The Bertz CT molecular complexity index is 359. The number of nitrogens with zero attached hydrogens (tertiary/aromatic N) is 1. The Hall–Kier alpha value is -0.970. The molecule has 18 heavy (non-hydrogen) atoms. The van der Waals surface area contributed by atoms with Gasteiger partial charge in [-0.05, 0) is 19.5 Å². The van der Waals surface area contributed by atoms with E-state index in [0.717, 1.165) is 13.0 Å². The van der Waals surface area contributed by atoms with E-state index in [0.29, 0.717) is 12.2 Å². The van der Waals surface area contributed by atoms with Gasteiger partial charge < -0.3 is 10.5 Å². The first-order valence-corrected chi connectivity index (χ1v) is 6.31. The number of methoxy groups -OCH3 is 1. The van der Waals surface area contributed by atoms with Gasteiger partial charge in [0, 0.05) is 25.3 Å². The minimum atomic E-state index is -0.198. The standard InChI is InChI=1S/C14H23FN2O/c1-4-13(16)14(17(2)9-10-18-3)11-7-5-6-8-12(11)15/h5-8,13-14H,4,9-10,16H2,1-3H3. The molecule has 0 aliphatic heterocycles. The highest BCUT2D eigenvalue weighted by Crippen LogP contribution is 2.25. The summed E-state index contributed by atoms with van der Waals surface area (Å²) in [4.78, 5) is 2.05. The third kappa shape index (κ3) is 3.77. The third-order valence-corrected chi connectivity index (χ3v) is 3.22. The van der Waals surface area contributed by atoms with Crippen molar-refractivity contribution < 1.29 is 9.13 Å². The second-order valence-electron chi connectivity index (χ2n) is 4.51. The quantitative estimate of drug-likeness (QED) is 0.810. The molecule has 1 aromatic carbocycles. The Labute approximate surface area is 109 Å². The second-order valence-corrected chi connectivity index (χ2v) is 4.51. The molecule has 0 saturated carbocycles. The van der Waals surface area contributed by atoms with Gasteiger partial charge in [0.15, 0.2) is 0 Å². The lowest BCUT2D eigenvalue weighted by atomic mass is 9.96. The maximum absolute atomic E-state index is 13.9. The lowest BCUT2D eigenvalue weighted by molar-refractivity contribution is 0.126. The molecule has 2 unspecified atom stereocenters. The molecule has 1 rings (SSSR count). The van der Waals surface area contributed by atoms with Crippen molar-refractivity contribution in [1.82, 2.24) is 4.90 Å². The second kappa shape index (κ2) is 7.46. The molecule has 0 aromatic heterocycles. The molecule has 0 heterocycles. The fraction of sp³-hybridized carbons (Fsp3) is 0.571. The highest BCUT2D eigenvalue weighted by atomic mass is 19.1. The van der Waals surface area contributed by atoms with Crippen molar-refractivity contribution in [2.75, 3.05) is 27.3 Å². The lowest BCUT2D eigenvalue weighted by Gasteiger charge is -2.32. The SMILES string of the molecule is CCC(N)C(c1ccccc1F)N(C)CCOC. The number of halogens is 1. The number of likely N-dealkylation sites (N-methyl/N-ethyl adjacent to an activating group) is 1. The maximum Gasteiger partial charge on any atom is 0.128 e. The van der Waals surface area contributed by atoms with Crippen LogP contribution < -0.4 is 5.73 Å². The Kier molecular flexibility index (Phi) is 6.25. The molecule has 2 N–H and O–H groups in total. The highest BCUT2D eigenvalue weighted by molar-refractivity contribution is 5.22. The molecule has 0 spiro atoms. The van der Waals surface area contributed by atoms with Gasteiger partial charge in [-0.1, -0.05) is 25.1 Å². The summed E-state index contributed by atoms with van der Waals surface area (Å²) in [5, 5.41) is 0. The molecule has 1 aromatic rings. The first-order chi connectivity index (χ1) is 8.61. The summed E-state index contributed by atoms with van der Waals surface area (Å²) >= 11 is 0. The molecule has 0 fully saturated rings. The van der Waals surface area contributed by atoms with E-state index in [1.807, 2.05) is 20.0 Å². The molecule has 0 aliphatic rings. The van der Waals surface area contributed by atoms with Gasteiger partial charge in [0.1, 0.15) is 5.82 Å². The molecule has 0 radical (unpaired) electrons. The molecule has 3 nitrogen and oxygen atoms in total. The van der Waals surface area contributed by atoms with Crippen LogP contribution in [0.4, 0.5) is 4.39 Å². The van der Waals surface area contributed by atoms with Crippen molar-refractivity contribution in [3.05, 3.63) is 35.6 Å². The third-order valence-electron chi connectivity index (χ3n) is 3.22. The smallest absolute Gasteiger partial charge is 0.128 e. The van der Waals surface area contributed by atoms with Gasteiger partial charge in [0.25, 0.3) is 0 Å². The van der Waals surface area contributed by atoms with Crippen LogP contribution in [0.15, 0.2) is 24.3 Å². The topological polar surface area (TPSA) is 38.5 Å². The summed E-state index contributed by atoms with van der Waals surface area (Å²) in [5.41, 5.74) is 6.80. The Morgan fingerprint density at radius 3 is 2.61 bits per heavy atom. The van der Waals surface area contributed by atoms with Gasteiger partial charge >= 0.3 is 0 Å². The number of nitrogens with two attached hydrogens (primary N) is 1. The maximum atomic E-state index is 13.9. The summed E-state index contributed by atoms with van der Waals surface area (Å²) in [6.45, 7) is 3.35. The van der Waals surface area contributed by atoms with E-state index in [1.165, 1.54) is 6.07 Å². The molecule has 4 heteroatoms. The minimum absolute atomic E-state index is 0.0937. The van der Waals surface area contributed by atoms with Gasteiger partial charge in [-0.15, -0.1) is 0 Å². The minimum Gasteiger partial charge on any atom is -0.383 e. The van der Waals surface area contributed by atoms with E-state index >= 15 is 0 Å². The summed E-state index contributed by atoms with van der Waals surface area (Å²) in [7, 11) is 3.61. The van der Waals surface area contributed by atoms with Crippen LogP contribution in [0.25, 0.3) is 0 Å². The number of hydrogen-bond donors (Lipinski definition) is 1. The van der Waals surface area contributed by atoms with E-state index in [1.54, 1.807) is 19.2 Å². The van der Waals surface area contributed by atoms with Gasteiger partial charge in [0.05, 0.1) is 12.6 Å². The highest BCUT2D eigenvalue weighted by Gasteiger charge is 2.25. The monoisotopic (exact) mass is 254 g/mol. The van der Waals surface area contributed by atoms with Crippen molar-refractivity contribution in [1.29, 1.82) is 0 Å². The van der Waals surface area contributed by atoms with Gasteiger partial charge in [0.2, 0.25) is 0 Å². The van der Waals surface area contributed by atoms with Crippen molar-refractivity contribution >= 4 is 0 Å². The summed E-state index contributed by atoms with van der Waals surface area (Å²) in [6, 6.07) is 6.61. The van der Waals surface area contributed by atoms with Gasteiger partial charge in [-0.25, -0.2) is 4.39 Å². The average Bonchev–Trinajstić information content (AvgIpc) is 2.38. The van der Waals surface area contributed by atoms with Crippen LogP contribution in [0, 0.1) is 5.82 Å². The summed E-state index contributed by atoms with van der Waals surface area (Å²) in [5.74, 6) is -0.198. The molecule has 2 atom stereocenters. The molecular weight excluding hydrogens is 231 g/mol. The van der Waals surface area contributed by atoms with Crippen LogP contribution in [0.3, 0.4) is 0 Å². The normalized spacial score (nSPS) is 14.8. The Morgan fingerprint density at radius 2 is 2.06 bits per heavy atom. The fourth-order valence-electron chi connectivity index (χ4n) is 2.11. The van der Waals surface area contributed by atoms with E-state index in [4.69, 9.17) is 10.5 Å². The van der Waals surface area contributed by atoms with Crippen LogP contribution in [-0.4, -0.2) is 38.3 Å². The van der Waals surface area contributed by atoms with E-state index < -0.39 is 0 Å². The zero-order valence-corrected chi connectivity index (χ0v) is 11.4. The van der Waals surface area contributed by atoms with Crippen LogP contribution >= 0.6 is 0 Å². The van der Waals surface area contributed by atoms with E-state index in [9.17, 15) is 4.39 Å². The molecule has 102 valence electrons. The summed E-state index contributed by atoms with van der Waals surface area (Å²) in [6.07, 6.45) is 0.802. The number of rotatable bonds is 7. The molecule has 0 bridgehead atoms. The van der Waals surface area contributed by atoms with Crippen LogP contribution in [-0.2, 0) is 4.74 Å². The predicted molar refractivity (Wildman–Crippen MR) is 71.9 cm³/mol. The predicted octanol–water partition coefficient (Wildman–Crippen LogP) is 2.18.